The Morgan fingerprint density at radius 1 is 0.311 bits per heavy atom. The van der Waals surface area contributed by atoms with Crippen LogP contribution in [0, 0.1) is 0 Å². The van der Waals surface area contributed by atoms with Gasteiger partial charge in [0, 0.05) is 12.8 Å². The fourth-order valence-corrected chi connectivity index (χ4v) is 12.9. The monoisotopic (exact) mass is 1260 g/mol. The quantitative estimate of drug-likeness (QED) is 0.0320. The summed E-state index contributed by atoms with van der Waals surface area (Å²) in [5.41, 5.74) is 0. The second-order valence-corrected chi connectivity index (χ2v) is 28.1. The Labute approximate surface area is 563 Å². The molecule has 0 heterocycles. The third-order valence-electron chi connectivity index (χ3n) is 19.1. The standard InChI is InChI=1S/C84H159NO5/c1-3-5-7-9-11-13-15-17-18-19-20-21-22-34-37-40-43-46-49-53-56-60-64-68-72-76-82(87)81(80-86)85-83(88)77-73-69-65-61-57-54-50-47-44-41-38-35-32-30-28-26-24-23-25-27-29-31-33-36-39-42-45-48-51-55-59-63-67-71-75-79-90-84(89)78-74-70-66-62-58-52-16-14-12-10-8-6-4-2/h8,10,14,16,25,27,31,33,81-82,86-87H,3-7,9,11-13,15,17-24,26,28-30,32,34-80H2,1-2H3,(H,85,88)/b10-8-,16-14-,27-25-,33-31-. The zero-order valence-corrected chi connectivity index (χ0v) is 60.9. The van der Waals surface area contributed by atoms with Crippen molar-refractivity contribution >= 4 is 11.9 Å². The minimum Gasteiger partial charge on any atom is -0.466 e. The molecule has 0 bridgehead atoms. The molecule has 0 rings (SSSR count). The molecule has 0 spiro atoms. The third-order valence-corrected chi connectivity index (χ3v) is 19.1. The first-order valence-electron chi connectivity index (χ1n) is 40.9. The van der Waals surface area contributed by atoms with E-state index >= 15 is 0 Å². The first-order valence-corrected chi connectivity index (χ1v) is 40.9. The highest BCUT2D eigenvalue weighted by Gasteiger charge is 2.20. The molecule has 3 N–H and O–H groups in total. The van der Waals surface area contributed by atoms with Crippen LogP contribution in [0.2, 0.25) is 0 Å². The van der Waals surface area contributed by atoms with Crippen LogP contribution in [0.5, 0.6) is 0 Å². The number of hydrogen-bond acceptors (Lipinski definition) is 5. The van der Waals surface area contributed by atoms with Crippen LogP contribution < -0.4 is 5.32 Å². The lowest BCUT2D eigenvalue weighted by atomic mass is 10.0. The Hall–Kier alpha value is -2.18. The summed E-state index contributed by atoms with van der Waals surface area (Å²) >= 11 is 0. The molecule has 0 saturated carbocycles. The van der Waals surface area contributed by atoms with Crippen molar-refractivity contribution in [1.82, 2.24) is 5.32 Å². The molecule has 6 heteroatoms. The van der Waals surface area contributed by atoms with E-state index in [0.29, 0.717) is 25.9 Å². The first-order chi connectivity index (χ1) is 44.5. The van der Waals surface area contributed by atoms with Gasteiger partial charge < -0.3 is 20.3 Å². The minimum atomic E-state index is -0.665. The number of carbonyl (C=O) groups is 2. The summed E-state index contributed by atoms with van der Waals surface area (Å²) in [5, 5.41) is 23.5. The molecule has 0 aliphatic carbocycles. The van der Waals surface area contributed by atoms with E-state index in [1.165, 1.54) is 360 Å². The molecule has 6 nitrogen and oxygen atoms in total. The number of allylic oxidation sites excluding steroid dienone is 8. The first kappa shape index (κ1) is 87.8. The minimum absolute atomic E-state index is 0.00180. The summed E-state index contributed by atoms with van der Waals surface area (Å²) in [6.07, 6.45) is 105. The van der Waals surface area contributed by atoms with Gasteiger partial charge in [0.05, 0.1) is 25.4 Å². The number of esters is 1. The van der Waals surface area contributed by atoms with Crippen molar-refractivity contribution in [1.29, 1.82) is 0 Å². The van der Waals surface area contributed by atoms with Gasteiger partial charge in [-0.15, -0.1) is 0 Å². The van der Waals surface area contributed by atoms with Crippen molar-refractivity contribution < 1.29 is 24.5 Å². The number of ether oxygens (including phenoxy) is 1. The van der Waals surface area contributed by atoms with Gasteiger partial charge in [0.15, 0.2) is 0 Å². The molecule has 0 saturated heterocycles. The number of hydrogen-bond donors (Lipinski definition) is 3. The third kappa shape index (κ3) is 74.9. The molecule has 0 aromatic carbocycles. The van der Waals surface area contributed by atoms with Crippen LogP contribution in [0.1, 0.15) is 450 Å². The molecular formula is C84H159NO5. The Morgan fingerprint density at radius 3 is 0.889 bits per heavy atom. The van der Waals surface area contributed by atoms with Gasteiger partial charge in [0.2, 0.25) is 5.91 Å². The van der Waals surface area contributed by atoms with Crippen LogP contribution in [0.4, 0.5) is 0 Å². The molecule has 530 valence electrons. The molecule has 0 aromatic rings. The number of rotatable bonds is 77. The Kier molecular flexibility index (Phi) is 77.3. The molecule has 0 aliphatic rings. The van der Waals surface area contributed by atoms with E-state index in [1.54, 1.807) is 0 Å². The van der Waals surface area contributed by atoms with Crippen LogP contribution in [0.25, 0.3) is 0 Å². The highest BCUT2D eigenvalue weighted by Crippen LogP contribution is 2.20. The van der Waals surface area contributed by atoms with Crippen molar-refractivity contribution in [2.24, 2.45) is 0 Å². The highest BCUT2D eigenvalue weighted by molar-refractivity contribution is 5.76. The average molecular weight is 1260 g/mol. The van der Waals surface area contributed by atoms with Gasteiger partial charge in [-0.1, -0.05) is 403 Å². The van der Waals surface area contributed by atoms with Gasteiger partial charge in [0.1, 0.15) is 0 Å². The molecule has 0 aromatic heterocycles. The van der Waals surface area contributed by atoms with Crippen LogP contribution >= 0.6 is 0 Å². The smallest absolute Gasteiger partial charge is 0.305 e. The van der Waals surface area contributed by atoms with Gasteiger partial charge in [-0.05, 0) is 83.5 Å². The fraction of sp³-hybridized carbons (Fsp3) is 0.881. The van der Waals surface area contributed by atoms with Crippen LogP contribution in [0.3, 0.4) is 0 Å². The molecule has 0 aliphatic heterocycles. The number of aliphatic hydroxyl groups excluding tert-OH is 2. The van der Waals surface area contributed by atoms with Crippen LogP contribution in [0.15, 0.2) is 48.6 Å². The second-order valence-electron chi connectivity index (χ2n) is 28.1. The number of amides is 1. The fourth-order valence-electron chi connectivity index (χ4n) is 12.9. The maximum atomic E-state index is 12.6. The number of aliphatic hydroxyl groups is 2. The lowest BCUT2D eigenvalue weighted by Gasteiger charge is -2.22. The van der Waals surface area contributed by atoms with Crippen molar-refractivity contribution in [2.45, 2.75) is 463 Å². The van der Waals surface area contributed by atoms with E-state index in [4.69, 9.17) is 4.74 Å². The van der Waals surface area contributed by atoms with E-state index in [1.807, 2.05) is 0 Å². The largest absolute Gasteiger partial charge is 0.466 e. The molecule has 2 atom stereocenters. The lowest BCUT2D eigenvalue weighted by molar-refractivity contribution is -0.143. The lowest BCUT2D eigenvalue weighted by Crippen LogP contribution is -2.45. The van der Waals surface area contributed by atoms with Crippen molar-refractivity contribution in [3.63, 3.8) is 0 Å². The summed E-state index contributed by atoms with van der Waals surface area (Å²) in [5.74, 6) is -0.0254. The van der Waals surface area contributed by atoms with Gasteiger partial charge >= 0.3 is 5.97 Å². The van der Waals surface area contributed by atoms with Gasteiger partial charge in [-0.2, -0.15) is 0 Å². The van der Waals surface area contributed by atoms with Crippen LogP contribution in [-0.4, -0.2) is 47.4 Å². The number of unbranched alkanes of at least 4 members (excludes halogenated alkanes) is 58. The summed E-state index contributed by atoms with van der Waals surface area (Å²) in [7, 11) is 0. The second kappa shape index (κ2) is 79.3. The van der Waals surface area contributed by atoms with E-state index < -0.39 is 12.1 Å². The number of nitrogens with one attached hydrogen (secondary N) is 1. The molecular weight excluding hydrogens is 1100 g/mol. The highest BCUT2D eigenvalue weighted by atomic mass is 16.5. The zero-order chi connectivity index (χ0) is 64.9. The van der Waals surface area contributed by atoms with Gasteiger partial charge in [-0.25, -0.2) is 0 Å². The van der Waals surface area contributed by atoms with Crippen molar-refractivity contribution in [3.8, 4) is 0 Å². The average Bonchev–Trinajstić information content (AvgIpc) is 3.62. The maximum absolute atomic E-state index is 12.6. The van der Waals surface area contributed by atoms with E-state index in [9.17, 15) is 19.8 Å². The molecule has 0 radical (unpaired) electrons. The molecule has 0 fully saturated rings. The Balaban J connectivity index is 3.38. The van der Waals surface area contributed by atoms with Gasteiger partial charge in [-0.3, -0.25) is 9.59 Å². The van der Waals surface area contributed by atoms with E-state index in [2.05, 4.69) is 67.8 Å². The summed E-state index contributed by atoms with van der Waals surface area (Å²) in [6.45, 7) is 4.93. The number of carbonyl (C=O) groups excluding carboxylic acids is 2. The van der Waals surface area contributed by atoms with E-state index in [-0.39, 0.29) is 18.5 Å². The SMILES string of the molecule is CCC/C=C\C/C=C\CCCCCCCC(=O)OCCCCCCCCCCCCC/C=C\C/C=C\CCCCCCCCCCCCCCCCCCCC(=O)NC(CO)C(O)CCCCCCCCCCCCCCCCCCCCCCCCCCC. The Morgan fingerprint density at radius 2 is 0.578 bits per heavy atom. The molecule has 2 unspecified atom stereocenters. The van der Waals surface area contributed by atoms with Crippen LogP contribution in [-0.2, 0) is 14.3 Å². The summed E-state index contributed by atoms with van der Waals surface area (Å²) in [6, 6.07) is -0.542. The summed E-state index contributed by atoms with van der Waals surface area (Å²) < 4.78 is 5.48. The predicted molar refractivity (Wildman–Crippen MR) is 398 cm³/mol. The predicted octanol–water partition coefficient (Wildman–Crippen LogP) is 27.2. The van der Waals surface area contributed by atoms with Gasteiger partial charge in [0.25, 0.3) is 0 Å². The van der Waals surface area contributed by atoms with Crippen molar-refractivity contribution in [2.75, 3.05) is 13.2 Å². The topological polar surface area (TPSA) is 95.9 Å². The molecule has 1 amide bonds. The van der Waals surface area contributed by atoms with Crippen molar-refractivity contribution in [3.05, 3.63) is 48.6 Å². The summed E-state index contributed by atoms with van der Waals surface area (Å²) in [4.78, 5) is 24.6. The molecule has 90 heavy (non-hydrogen) atoms. The van der Waals surface area contributed by atoms with E-state index in [0.717, 1.165) is 57.8 Å². The Bertz CT molecular complexity index is 1500. The zero-order valence-electron chi connectivity index (χ0n) is 60.9. The normalized spacial score (nSPS) is 12.7. The maximum Gasteiger partial charge on any atom is 0.305 e.